The molecule has 2 aliphatic rings. The zero-order chi connectivity index (χ0) is 20.0. The van der Waals surface area contributed by atoms with Crippen molar-refractivity contribution in [1.29, 1.82) is 0 Å². The largest absolute Gasteiger partial charge is 0.379 e. The monoisotopic (exact) mass is 408 g/mol. The lowest BCUT2D eigenvalue weighted by Crippen LogP contribution is -2.43. The molecule has 7 heteroatoms. The lowest BCUT2D eigenvalue weighted by molar-refractivity contribution is -0.121. The fourth-order valence-electron chi connectivity index (χ4n) is 3.99. The van der Waals surface area contributed by atoms with Crippen molar-refractivity contribution in [1.82, 2.24) is 10.2 Å². The summed E-state index contributed by atoms with van der Waals surface area (Å²) in [5.74, 6) is -0.248. The summed E-state index contributed by atoms with van der Waals surface area (Å²) < 4.78 is 30.3. The predicted octanol–water partition coefficient (Wildman–Crippen LogP) is 2.23. The minimum absolute atomic E-state index is 0.0320. The first-order valence-electron chi connectivity index (χ1n) is 10.3. The Hall–Kier alpha value is -1.44. The van der Waals surface area contributed by atoms with Gasteiger partial charge in [-0.15, -0.1) is 0 Å². The zero-order valence-corrected chi connectivity index (χ0v) is 17.5. The molecule has 1 saturated heterocycles. The van der Waals surface area contributed by atoms with Crippen LogP contribution in [-0.2, 0) is 19.4 Å². The predicted molar refractivity (Wildman–Crippen MR) is 110 cm³/mol. The summed E-state index contributed by atoms with van der Waals surface area (Å²) in [5.41, 5.74) is 2.21. The Balaban J connectivity index is 1.60. The van der Waals surface area contributed by atoms with Crippen LogP contribution in [0.25, 0.3) is 0 Å². The van der Waals surface area contributed by atoms with Gasteiger partial charge in [-0.2, -0.15) is 0 Å². The summed E-state index contributed by atoms with van der Waals surface area (Å²) >= 11 is 0. The highest BCUT2D eigenvalue weighted by Gasteiger charge is 2.29. The van der Waals surface area contributed by atoms with Gasteiger partial charge in [0.2, 0.25) is 5.91 Å². The van der Waals surface area contributed by atoms with Gasteiger partial charge in [0.1, 0.15) is 0 Å². The van der Waals surface area contributed by atoms with Gasteiger partial charge in [0.15, 0.2) is 9.84 Å². The molecule has 1 amide bonds. The van der Waals surface area contributed by atoms with Gasteiger partial charge in [-0.25, -0.2) is 8.42 Å². The topological polar surface area (TPSA) is 75.7 Å². The Kier molecular flexibility index (Phi) is 7.48. The molecule has 0 spiro atoms. The van der Waals surface area contributed by atoms with E-state index in [1.807, 2.05) is 31.2 Å². The van der Waals surface area contributed by atoms with E-state index < -0.39 is 9.84 Å². The summed E-state index contributed by atoms with van der Waals surface area (Å²) in [4.78, 5) is 14.9. The van der Waals surface area contributed by atoms with E-state index in [1.165, 1.54) is 5.56 Å². The van der Waals surface area contributed by atoms with Gasteiger partial charge in [0.05, 0.1) is 30.3 Å². The first-order chi connectivity index (χ1) is 13.4. The molecular weight excluding hydrogens is 376 g/mol. The molecule has 156 valence electrons. The van der Waals surface area contributed by atoms with E-state index in [-0.39, 0.29) is 29.4 Å². The van der Waals surface area contributed by atoms with E-state index in [0.29, 0.717) is 19.8 Å². The summed E-state index contributed by atoms with van der Waals surface area (Å²) in [6.07, 6.45) is 3.47. The van der Waals surface area contributed by atoms with Crippen molar-refractivity contribution in [2.45, 2.75) is 50.3 Å². The molecule has 1 saturated carbocycles. The number of morpholine rings is 1. The highest BCUT2D eigenvalue weighted by molar-refractivity contribution is 7.92. The number of hydrogen-bond donors (Lipinski definition) is 1. The molecular formula is C21H32N2O4S. The van der Waals surface area contributed by atoms with E-state index >= 15 is 0 Å². The fourth-order valence-corrected chi connectivity index (χ4v) is 5.85. The number of benzene rings is 1. The van der Waals surface area contributed by atoms with Crippen LogP contribution in [0.2, 0.25) is 0 Å². The maximum Gasteiger partial charge on any atom is 0.221 e. The van der Waals surface area contributed by atoms with Crippen molar-refractivity contribution < 1.29 is 17.9 Å². The second-order valence-corrected chi connectivity index (χ2v) is 10.4. The number of sulfone groups is 1. The minimum atomic E-state index is -3.18. The number of nitrogens with one attached hydrogen (secondary N) is 1. The number of carbonyl (C=O) groups excluding carboxylic acids is 1. The fraction of sp³-hybridized carbons (Fsp3) is 0.667. The third kappa shape index (κ3) is 6.03. The SMILES string of the molecule is Cc1ccc([C@H](CN2CCOCC2)NC(=O)CCS(=O)(=O)C2CCCC2)cc1. The van der Waals surface area contributed by atoms with Crippen molar-refractivity contribution in [3.05, 3.63) is 35.4 Å². The number of hydrogen-bond acceptors (Lipinski definition) is 5. The zero-order valence-electron chi connectivity index (χ0n) is 16.7. The molecule has 0 unspecified atom stereocenters. The Morgan fingerprint density at radius 2 is 1.82 bits per heavy atom. The molecule has 6 nitrogen and oxygen atoms in total. The highest BCUT2D eigenvalue weighted by atomic mass is 32.2. The van der Waals surface area contributed by atoms with Crippen LogP contribution in [-0.4, -0.2) is 63.1 Å². The summed E-state index contributed by atoms with van der Waals surface area (Å²) in [7, 11) is -3.18. The maximum absolute atomic E-state index is 12.6. The quantitative estimate of drug-likeness (QED) is 0.714. The van der Waals surface area contributed by atoms with Crippen LogP contribution in [0.1, 0.15) is 49.3 Å². The van der Waals surface area contributed by atoms with Gasteiger partial charge >= 0.3 is 0 Å². The molecule has 1 heterocycles. The van der Waals surface area contributed by atoms with E-state index in [4.69, 9.17) is 4.74 Å². The Bertz CT molecular complexity index is 736. The van der Waals surface area contributed by atoms with E-state index in [9.17, 15) is 13.2 Å². The normalized spacial score (nSPS) is 20.2. The number of amides is 1. The van der Waals surface area contributed by atoms with Gasteiger partial charge < -0.3 is 10.1 Å². The van der Waals surface area contributed by atoms with Crippen molar-refractivity contribution in [2.75, 3.05) is 38.6 Å². The number of nitrogens with zero attached hydrogens (tertiary/aromatic N) is 1. The molecule has 0 bridgehead atoms. The molecule has 1 aliphatic carbocycles. The van der Waals surface area contributed by atoms with Crippen LogP contribution in [0.3, 0.4) is 0 Å². The second-order valence-electron chi connectivity index (χ2n) is 7.97. The number of aryl methyl sites for hydroxylation is 1. The smallest absolute Gasteiger partial charge is 0.221 e. The molecule has 3 rings (SSSR count). The lowest BCUT2D eigenvalue weighted by atomic mass is 10.0. The van der Waals surface area contributed by atoms with Crippen molar-refractivity contribution in [3.8, 4) is 0 Å². The lowest BCUT2D eigenvalue weighted by Gasteiger charge is -2.31. The summed E-state index contributed by atoms with van der Waals surface area (Å²) in [6.45, 7) is 5.83. The Morgan fingerprint density at radius 3 is 2.46 bits per heavy atom. The molecule has 0 aromatic heterocycles. The van der Waals surface area contributed by atoms with Gasteiger partial charge in [0.25, 0.3) is 0 Å². The van der Waals surface area contributed by atoms with Crippen LogP contribution in [0.15, 0.2) is 24.3 Å². The maximum atomic E-state index is 12.6. The molecule has 1 aliphatic heterocycles. The number of ether oxygens (including phenoxy) is 1. The standard InChI is InChI=1S/C21H32N2O4S/c1-17-6-8-18(9-7-17)20(16-23-11-13-27-14-12-23)22-21(24)10-15-28(25,26)19-4-2-3-5-19/h6-9,19-20H,2-5,10-16H2,1H3,(H,22,24)/t20-/m0/s1. The molecule has 1 N–H and O–H groups in total. The Morgan fingerprint density at radius 1 is 1.18 bits per heavy atom. The summed E-state index contributed by atoms with van der Waals surface area (Å²) in [5, 5.41) is 2.83. The van der Waals surface area contributed by atoms with Gasteiger partial charge in [-0.3, -0.25) is 9.69 Å². The molecule has 1 aromatic carbocycles. The van der Waals surface area contributed by atoms with E-state index in [0.717, 1.165) is 44.3 Å². The number of carbonyl (C=O) groups is 1. The average Bonchev–Trinajstić information content (AvgIpc) is 3.23. The third-order valence-corrected chi connectivity index (χ3v) is 8.04. The molecule has 28 heavy (non-hydrogen) atoms. The molecule has 1 atom stereocenters. The van der Waals surface area contributed by atoms with Gasteiger partial charge in [-0.1, -0.05) is 42.7 Å². The van der Waals surface area contributed by atoms with Crippen molar-refractivity contribution in [3.63, 3.8) is 0 Å². The third-order valence-electron chi connectivity index (χ3n) is 5.78. The Labute approximate surface area is 168 Å². The highest BCUT2D eigenvalue weighted by Crippen LogP contribution is 2.25. The van der Waals surface area contributed by atoms with E-state index in [2.05, 4.69) is 10.2 Å². The molecule has 1 aromatic rings. The number of rotatable bonds is 8. The van der Waals surface area contributed by atoms with Crippen LogP contribution in [0.5, 0.6) is 0 Å². The summed E-state index contributed by atoms with van der Waals surface area (Å²) in [6, 6.07) is 8.00. The minimum Gasteiger partial charge on any atom is -0.379 e. The first kappa shape index (κ1) is 21.3. The van der Waals surface area contributed by atoms with Crippen molar-refractivity contribution in [2.24, 2.45) is 0 Å². The van der Waals surface area contributed by atoms with E-state index in [1.54, 1.807) is 0 Å². The van der Waals surface area contributed by atoms with Gasteiger partial charge in [-0.05, 0) is 25.3 Å². The van der Waals surface area contributed by atoms with Crippen LogP contribution < -0.4 is 5.32 Å². The van der Waals surface area contributed by atoms with Gasteiger partial charge in [0, 0.05) is 26.1 Å². The van der Waals surface area contributed by atoms with Crippen molar-refractivity contribution >= 4 is 15.7 Å². The molecule has 2 fully saturated rings. The molecule has 0 radical (unpaired) electrons. The average molecular weight is 409 g/mol. The van der Waals surface area contributed by atoms with Crippen LogP contribution in [0, 0.1) is 6.92 Å². The first-order valence-corrected chi connectivity index (χ1v) is 12.0. The van der Waals surface area contributed by atoms with Crippen LogP contribution >= 0.6 is 0 Å². The van der Waals surface area contributed by atoms with Crippen LogP contribution in [0.4, 0.5) is 0 Å². The second kappa shape index (κ2) is 9.85.